The number of fused-ring (bicyclic) bond motifs is 2. The smallest absolute Gasteiger partial charge is 0.274 e. The van der Waals surface area contributed by atoms with Gasteiger partial charge in [0.05, 0.1) is 11.1 Å². The number of piperidine rings is 1. The Morgan fingerprint density at radius 2 is 1.86 bits per heavy atom. The van der Waals surface area contributed by atoms with Gasteiger partial charge in [0.25, 0.3) is 5.91 Å². The number of carbonyl (C=O) groups is 1. The molecular weight excluding hydrogens is 350 g/mol. The Balaban J connectivity index is 1.50. The Hall–Kier alpha value is -2.66. The molecule has 0 radical (unpaired) electrons. The van der Waals surface area contributed by atoms with Crippen molar-refractivity contribution in [1.29, 1.82) is 0 Å². The van der Waals surface area contributed by atoms with Crippen LogP contribution in [0.4, 0.5) is 0 Å². The van der Waals surface area contributed by atoms with Crippen molar-refractivity contribution in [2.75, 3.05) is 6.54 Å². The third-order valence-electron chi connectivity index (χ3n) is 6.66. The van der Waals surface area contributed by atoms with Crippen LogP contribution in [0.3, 0.4) is 0 Å². The molecule has 3 aromatic rings. The molecule has 28 heavy (non-hydrogen) atoms. The van der Waals surface area contributed by atoms with Crippen LogP contribution in [0.15, 0.2) is 61.1 Å². The molecule has 1 aliphatic heterocycles. The van der Waals surface area contributed by atoms with E-state index < -0.39 is 5.60 Å². The number of pyridine rings is 1. The number of carbonyl (C=O) groups excluding carboxylic acids is 1. The lowest BCUT2D eigenvalue weighted by Gasteiger charge is -2.52. The number of rotatable bonds is 2. The number of benzene rings is 1. The van der Waals surface area contributed by atoms with Gasteiger partial charge in [0.1, 0.15) is 6.33 Å². The Kier molecular flexibility index (Phi) is 4.20. The predicted octanol–water partition coefficient (Wildman–Crippen LogP) is 3.63. The van der Waals surface area contributed by atoms with Gasteiger partial charge in [-0.05, 0) is 37.0 Å². The maximum absolute atomic E-state index is 13.4. The second-order valence-corrected chi connectivity index (χ2v) is 8.08. The maximum atomic E-state index is 13.4. The number of aromatic nitrogens is 2. The van der Waals surface area contributed by atoms with Gasteiger partial charge in [-0.2, -0.15) is 0 Å². The molecule has 1 N–H and O–H groups in total. The fourth-order valence-electron chi connectivity index (χ4n) is 5.27. The van der Waals surface area contributed by atoms with Gasteiger partial charge >= 0.3 is 0 Å². The fraction of sp³-hybridized carbons (Fsp3) is 0.391. The van der Waals surface area contributed by atoms with Crippen LogP contribution in [-0.4, -0.2) is 37.9 Å². The molecule has 0 spiro atoms. The second-order valence-electron chi connectivity index (χ2n) is 8.08. The normalized spacial score (nSPS) is 27.5. The maximum Gasteiger partial charge on any atom is 0.274 e. The SMILES string of the molecule is O=C(c1ncn2ccccc12)N1CCC(O)(c2ccccc2)[C@@H]2CCCC[C@@H]21. The molecule has 144 valence electrons. The van der Waals surface area contributed by atoms with Gasteiger partial charge in [-0.15, -0.1) is 0 Å². The van der Waals surface area contributed by atoms with Crippen molar-refractivity contribution in [2.45, 2.75) is 43.7 Å². The monoisotopic (exact) mass is 375 g/mol. The number of hydrogen-bond acceptors (Lipinski definition) is 3. The van der Waals surface area contributed by atoms with Crippen LogP contribution < -0.4 is 0 Å². The van der Waals surface area contributed by atoms with E-state index in [1.165, 1.54) is 0 Å². The Labute approximate surface area is 164 Å². The number of hydrogen-bond donors (Lipinski definition) is 1. The molecule has 1 saturated heterocycles. The number of nitrogens with zero attached hydrogens (tertiary/aromatic N) is 3. The Bertz CT molecular complexity index is 999. The van der Waals surface area contributed by atoms with Gasteiger partial charge in [0, 0.05) is 24.7 Å². The molecule has 3 atom stereocenters. The standard InChI is InChI=1S/C23H25N3O2/c27-22(21-20-12-6-7-14-25(20)16-24-21)26-15-13-23(28,17-8-2-1-3-9-17)18-10-4-5-11-19(18)26/h1-3,6-9,12,14,16,18-19,28H,4-5,10-11,13,15H2/t18-,19+,23?/m1/s1. The first kappa shape index (κ1) is 17.4. The van der Waals surface area contributed by atoms with Gasteiger partial charge in [0.2, 0.25) is 0 Å². The van der Waals surface area contributed by atoms with Gasteiger partial charge in [0.15, 0.2) is 5.69 Å². The van der Waals surface area contributed by atoms with Gasteiger partial charge in [-0.1, -0.05) is 49.2 Å². The lowest BCUT2D eigenvalue weighted by Crippen LogP contribution is -2.59. The van der Waals surface area contributed by atoms with E-state index in [0.717, 1.165) is 36.8 Å². The summed E-state index contributed by atoms with van der Waals surface area (Å²) in [6, 6.07) is 15.8. The summed E-state index contributed by atoms with van der Waals surface area (Å²) < 4.78 is 1.88. The minimum atomic E-state index is -0.862. The molecule has 2 aliphatic rings. The molecule has 2 aromatic heterocycles. The topological polar surface area (TPSA) is 57.8 Å². The summed E-state index contributed by atoms with van der Waals surface area (Å²) in [7, 11) is 0. The van der Waals surface area contributed by atoms with Crippen LogP contribution in [0.5, 0.6) is 0 Å². The molecule has 5 rings (SSSR count). The molecule has 5 heteroatoms. The van der Waals surface area contributed by atoms with Gasteiger partial charge in [-0.3, -0.25) is 4.79 Å². The average Bonchev–Trinajstić information content (AvgIpc) is 3.19. The number of aliphatic hydroxyl groups is 1. The van der Waals surface area contributed by atoms with Crippen molar-refractivity contribution >= 4 is 11.4 Å². The van der Waals surface area contributed by atoms with Crippen molar-refractivity contribution in [1.82, 2.24) is 14.3 Å². The third-order valence-corrected chi connectivity index (χ3v) is 6.66. The number of imidazole rings is 1. The minimum absolute atomic E-state index is 0.0132. The van der Waals surface area contributed by atoms with Crippen LogP contribution >= 0.6 is 0 Å². The zero-order chi connectivity index (χ0) is 19.1. The minimum Gasteiger partial charge on any atom is -0.385 e. The summed E-state index contributed by atoms with van der Waals surface area (Å²) in [6.45, 7) is 0.553. The first-order chi connectivity index (χ1) is 13.7. The molecule has 1 unspecified atom stereocenters. The molecule has 1 aliphatic carbocycles. The highest BCUT2D eigenvalue weighted by Gasteiger charge is 2.50. The quantitative estimate of drug-likeness (QED) is 0.744. The summed E-state index contributed by atoms with van der Waals surface area (Å²) in [4.78, 5) is 19.8. The highest BCUT2D eigenvalue weighted by atomic mass is 16.3. The molecule has 0 bridgehead atoms. The number of likely N-dealkylation sites (tertiary alicyclic amines) is 1. The highest BCUT2D eigenvalue weighted by Crippen LogP contribution is 2.47. The Morgan fingerprint density at radius 1 is 1.07 bits per heavy atom. The van der Waals surface area contributed by atoms with Gasteiger partial charge in [-0.25, -0.2) is 4.98 Å². The molecule has 5 nitrogen and oxygen atoms in total. The van der Waals surface area contributed by atoms with Crippen molar-refractivity contribution in [3.8, 4) is 0 Å². The van der Waals surface area contributed by atoms with Crippen LogP contribution in [0, 0.1) is 5.92 Å². The lowest BCUT2D eigenvalue weighted by atomic mass is 9.66. The first-order valence-corrected chi connectivity index (χ1v) is 10.2. The van der Waals surface area contributed by atoms with E-state index in [1.807, 2.05) is 64.0 Å². The lowest BCUT2D eigenvalue weighted by molar-refractivity contribution is -0.110. The fourth-order valence-corrected chi connectivity index (χ4v) is 5.27. The van der Waals surface area contributed by atoms with E-state index in [1.54, 1.807) is 6.33 Å². The van der Waals surface area contributed by atoms with E-state index in [0.29, 0.717) is 18.7 Å². The molecule has 1 aromatic carbocycles. The van der Waals surface area contributed by atoms with E-state index in [9.17, 15) is 9.90 Å². The summed E-state index contributed by atoms with van der Waals surface area (Å²) in [6.07, 6.45) is 8.26. The van der Waals surface area contributed by atoms with E-state index in [2.05, 4.69) is 4.98 Å². The summed E-state index contributed by atoms with van der Waals surface area (Å²) in [5.74, 6) is 0.0518. The third kappa shape index (κ3) is 2.65. The van der Waals surface area contributed by atoms with Crippen molar-refractivity contribution in [3.05, 3.63) is 72.3 Å². The van der Waals surface area contributed by atoms with Crippen molar-refractivity contribution < 1.29 is 9.90 Å². The van der Waals surface area contributed by atoms with E-state index in [-0.39, 0.29) is 17.9 Å². The van der Waals surface area contributed by atoms with Crippen molar-refractivity contribution in [3.63, 3.8) is 0 Å². The van der Waals surface area contributed by atoms with Gasteiger partial charge < -0.3 is 14.4 Å². The second kappa shape index (κ2) is 6.74. The molecule has 3 heterocycles. The summed E-state index contributed by atoms with van der Waals surface area (Å²) >= 11 is 0. The molecule has 1 amide bonds. The van der Waals surface area contributed by atoms with Crippen LogP contribution in [0.2, 0.25) is 0 Å². The average molecular weight is 375 g/mol. The summed E-state index contributed by atoms with van der Waals surface area (Å²) in [5.41, 5.74) is 1.46. The predicted molar refractivity (Wildman–Crippen MR) is 107 cm³/mol. The van der Waals surface area contributed by atoms with Crippen molar-refractivity contribution in [2.24, 2.45) is 5.92 Å². The largest absolute Gasteiger partial charge is 0.385 e. The first-order valence-electron chi connectivity index (χ1n) is 10.2. The van der Waals surface area contributed by atoms with Crippen LogP contribution in [0.1, 0.15) is 48.2 Å². The molecule has 1 saturated carbocycles. The highest BCUT2D eigenvalue weighted by molar-refractivity contribution is 5.99. The van der Waals surface area contributed by atoms with Crippen LogP contribution in [0.25, 0.3) is 5.52 Å². The zero-order valence-electron chi connectivity index (χ0n) is 15.9. The summed E-state index contributed by atoms with van der Waals surface area (Å²) in [5, 5.41) is 11.7. The zero-order valence-corrected chi connectivity index (χ0v) is 15.9. The molecular formula is C23H25N3O2. The van der Waals surface area contributed by atoms with E-state index >= 15 is 0 Å². The molecule has 2 fully saturated rings. The number of amides is 1. The Morgan fingerprint density at radius 3 is 2.71 bits per heavy atom. The van der Waals surface area contributed by atoms with Crippen LogP contribution in [-0.2, 0) is 5.60 Å². The van der Waals surface area contributed by atoms with E-state index in [4.69, 9.17) is 0 Å².